The first-order valence-corrected chi connectivity index (χ1v) is 15.2. The largest absolute Gasteiger partial charge is 0.462 e. The number of benzene rings is 7. The minimum Gasteiger partial charge on any atom is -0.462 e. The lowest BCUT2D eigenvalue weighted by Crippen LogP contribution is -2.56. The van der Waals surface area contributed by atoms with E-state index >= 15 is 0 Å². The monoisotopic (exact) mass is 558 g/mol. The molecule has 44 heavy (non-hydrogen) atoms. The van der Waals surface area contributed by atoms with Crippen LogP contribution in [0.2, 0.25) is 0 Å². The molecule has 0 saturated heterocycles. The highest BCUT2D eigenvalue weighted by Gasteiger charge is 2.44. The molecule has 0 N–H and O–H groups in total. The van der Waals surface area contributed by atoms with Crippen molar-refractivity contribution < 1.29 is 4.42 Å². The highest BCUT2D eigenvalue weighted by molar-refractivity contribution is 6.90. The van der Waals surface area contributed by atoms with Crippen molar-refractivity contribution in [2.45, 2.75) is 0 Å². The molecule has 0 unspecified atom stereocenters. The van der Waals surface area contributed by atoms with Crippen LogP contribution in [0.1, 0.15) is 0 Å². The highest BCUT2D eigenvalue weighted by atomic mass is 16.3. The van der Waals surface area contributed by atoms with Gasteiger partial charge in [-0.05, 0) is 51.5 Å². The molecule has 0 amide bonds. The summed E-state index contributed by atoms with van der Waals surface area (Å²) in [5.41, 5.74) is 12.1. The number of furan rings is 1. The van der Waals surface area contributed by atoms with Crippen molar-refractivity contribution >= 4 is 89.2 Å². The Morgan fingerprint density at radius 2 is 1.25 bits per heavy atom. The Balaban J connectivity index is 1.41. The van der Waals surface area contributed by atoms with E-state index in [2.05, 4.69) is 143 Å². The molecule has 4 heterocycles. The fourth-order valence-electron chi connectivity index (χ4n) is 8.29. The third kappa shape index (κ3) is 2.66. The molecule has 9 aromatic rings. The van der Waals surface area contributed by atoms with Crippen molar-refractivity contribution in [1.29, 1.82) is 0 Å². The lowest BCUT2D eigenvalue weighted by Gasteiger charge is -2.41. The summed E-state index contributed by atoms with van der Waals surface area (Å²) < 4.78 is 9.06. The van der Waals surface area contributed by atoms with E-state index in [0.29, 0.717) is 0 Å². The highest BCUT2D eigenvalue weighted by Crippen LogP contribution is 2.50. The molecule has 0 saturated carbocycles. The van der Waals surface area contributed by atoms with Crippen LogP contribution in [0.25, 0.3) is 65.4 Å². The summed E-state index contributed by atoms with van der Waals surface area (Å²) in [7, 11) is 0. The third-order valence-electron chi connectivity index (χ3n) is 9.99. The maximum atomic E-state index is 6.46. The molecule has 2 aliphatic heterocycles. The average Bonchev–Trinajstić information content (AvgIpc) is 3.69. The molecular weight excluding hydrogens is 535 g/mol. The number of aromatic nitrogens is 1. The van der Waals surface area contributed by atoms with Crippen LogP contribution >= 0.6 is 0 Å². The number of anilines is 3. The minimum atomic E-state index is -0.0161. The summed E-state index contributed by atoms with van der Waals surface area (Å²) in [5.74, 6) is 0. The van der Waals surface area contributed by atoms with Gasteiger partial charge in [-0.25, -0.2) is 0 Å². The van der Waals surface area contributed by atoms with Crippen molar-refractivity contribution in [2.24, 2.45) is 0 Å². The second-order valence-corrected chi connectivity index (χ2v) is 12.1. The number of nitrogens with zero attached hydrogens (tertiary/aromatic N) is 2. The summed E-state index contributed by atoms with van der Waals surface area (Å²) in [5, 5.41) is 8.61. The van der Waals surface area contributed by atoms with Gasteiger partial charge < -0.3 is 13.8 Å². The average molecular weight is 558 g/mol. The summed E-state index contributed by atoms with van der Waals surface area (Å²) in [6.07, 6.45) is 1.85. The van der Waals surface area contributed by atoms with E-state index in [-0.39, 0.29) is 6.85 Å². The lowest BCUT2D eigenvalue weighted by molar-refractivity contribution is 0.616. The fraction of sp³-hybridized carbons (Fsp3) is 0. The fourth-order valence-corrected chi connectivity index (χ4v) is 8.29. The standard InChI is InChI=1S/C40H23BN2O/c1-3-12-27-24(9-1)11-7-18-34(27)42-38-28-13-4-2-10-25(28)19-20-33(38)41-36-32(23-26-21-22-44-40(26)39(36)42)31-16-8-15-30-29-14-5-6-17-35(29)43(41)37(30)31/h1-23H. The SMILES string of the molecule is c1ccc2c(N3c4c(ccc5ccccc45)B4c5c(cc6ccoc6c53)-c3cccc5c6ccccc6n4c35)cccc2c1. The molecule has 0 radical (unpaired) electrons. The zero-order valence-electron chi connectivity index (χ0n) is 23.7. The van der Waals surface area contributed by atoms with Crippen molar-refractivity contribution in [1.82, 2.24) is 4.48 Å². The second-order valence-electron chi connectivity index (χ2n) is 12.1. The van der Waals surface area contributed by atoms with Gasteiger partial charge in [-0.3, -0.25) is 0 Å². The van der Waals surface area contributed by atoms with Crippen LogP contribution in [-0.2, 0) is 0 Å². The van der Waals surface area contributed by atoms with Crippen molar-refractivity contribution in [3.05, 3.63) is 140 Å². The Hall–Kier alpha value is -5.74. The zero-order valence-corrected chi connectivity index (χ0v) is 23.7. The lowest BCUT2D eigenvalue weighted by atomic mass is 9.44. The van der Waals surface area contributed by atoms with E-state index in [1.807, 2.05) is 6.26 Å². The van der Waals surface area contributed by atoms with Crippen LogP contribution in [0, 0.1) is 0 Å². The van der Waals surface area contributed by atoms with Crippen molar-refractivity contribution in [3.63, 3.8) is 0 Å². The van der Waals surface area contributed by atoms with Crippen LogP contribution in [0.4, 0.5) is 17.1 Å². The first-order valence-electron chi connectivity index (χ1n) is 15.2. The number of para-hydroxylation sites is 2. The number of hydrogen-bond acceptors (Lipinski definition) is 2. The predicted octanol–water partition coefficient (Wildman–Crippen LogP) is 9.26. The van der Waals surface area contributed by atoms with E-state index in [0.717, 1.165) is 22.3 Å². The van der Waals surface area contributed by atoms with Gasteiger partial charge >= 0.3 is 6.85 Å². The van der Waals surface area contributed by atoms with E-state index in [9.17, 15) is 0 Å². The number of rotatable bonds is 1. The van der Waals surface area contributed by atoms with Gasteiger partial charge in [0.1, 0.15) is 0 Å². The summed E-state index contributed by atoms with van der Waals surface area (Å²) in [6.45, 7) is -0.0161. The van der Waals surface area contributed by atoms with Crippen LogP contribution in [0.5, 0.6) is 0 Å². The second kappa shape index (κ2) is 8.00. The van der Waals surface area contributed by atoms with E-state index in [1.165, 1.54) is 71.1 Å². The van der Waals surface area contributed by atoms with E-state index in [4.69, 9.17) is 4.42 Å². The van der Waals surface area contributed by atoms with Gasteiger partial charge in [0.15, 0.2) is 5.58 Å². The molecule has 0 atom stereocenters. The zero-order chi connectivity index (χ0) is 28.5. The molecule has 0 spiro atoms. The Labute approximate surface area is 253 Å². The first-order chi connectivity index (χ1) is 21.9. The molecule has 3 nitrogen and oxygen atoms in total. The number of fused-ring (bicyclic) bond motifs is 12. The third-order valence-corrected chi connectivity index (χ3v) is 9.99. The quantitative estimate of drug-likeness (QED) is 0.187. The molecule has 11 rings (SSSR count). The van der Waals surface area contributed by atoms with Crippen LogP contribution in [0.3, 0.4) is 0 Å². The van der Waals surface area contributed by atoms with Gasteiger partial charge in [0.2, 0.25) is 0 Å². The molecule has 0 aliphatic carbocycles. The topological polar surface area (TPSA) is 21.3 Å². The summed E-state index contributed by atoms with van der Waals surface area (Å²) in [4.78, 5) is 2.51. The van der Waals surface area contributed by atoms with Crippen molar-refractivity contribution in [3.8, 4) is 11.1 Å². The van der Waals surface area contributed by atoms with E-state index in [1.54, 1.807) is 0 Å². The number of hydrogen-bond donors (Lipinski definition) is 0. The maximum Gasteiger partial charge on any atom is 0.333 e. The molecule has 2 aliphatic rings. The molecule has 0 fully saturated rings. The van der Waals surface area contributed by atoms with Gasteiger partial charge in [0.25, 0.3) is 0 Å². The van der Waals surface area contributed by atoms with Gasteiger partial charge in [-0.15, -0.1) is 0 Å². The molecular formula is C40H23BN2O. The predicted molar refractivity (Wildman–Crippen MR) is 185 cm³/mol. The summed E-state index contributed by atoms with van der Waals surface area (Å²) >= 11 is 0. The Bertz CT molecular complexity index is 2690. The summed E-state index contributed by atoms with van der Waals surface area (Å²) in [6, 6.07) is 49.0. The first kappa shape index (κ1) is 22.8. The van der Waals surface area contributed by atoms with Crippen molar-refractivity contribution in [2.75, 3.05) is 4.90 Å². The Morgan fingerprint density at radius 3 is 2.16 bits per heavy atom. The minimum absolute atomic E-state index is 0.0161. The van der Waals surface area contributed by atoms with Crippen LogP contribution < -0.4 is 15.8 Å². The van der Waals surface area contributed by atoms with E-state index < -0.39 is 0 Å². The smallest absolute Gasteiger partial charge is 0.333 e. The molecule has 2 aromatic heterocycles. The molecule has 4 heteroatoms. The molecule has 0 bridgehead atoms. The van der Waals surface area contributed by atoms with Gasteiger partial charge in [0.05, 0.1) is 23.3 Å². The van der Waals surface area contributed by atoms with Crippen LogP contribution in [0.15, 0.2) is 144 Å². The molecule has 7 aromatic carbocycles. The van der Waals surface area contributed by atoms with Gasteiger partial charge in [0, 0.05) is 43.5 Å². The molecule has 202 valence electrons. The van der Waals surface area contributed by atoms with Gasteiger partial charge in [-0.2, -0.15) is 0 Å². The normalized spacial score (nSPS) is 13.4. The van der Waals surface area contributed by atoms with Gasteiger partial charge in [-0.1, -0.05) is 109 Å². The Morgan fingerprint density at radius 1 is 0.523 bits per heavy atom. The maximum absolute atomic E-state index is 6.46. The Kier molecular flexibility index (Phi) is 4.15. The van der Waals surface area contributed by atoms with Crippen LogP contribution in [-0.4, -0.2) is 11.3 Å².